The van der Waals surface area contributed by atoms with Crippen LogP contribution in [0, 0.1) is 11.3 Å². The van der Waals surface area contributed by atoms with Gasteiger partial charge in [-0.1, -0.05) is 73.2 Å². The molecule has 0 bridgehead atoms. The van der Waals surface area contributed by atoms with Crippen LogP contribution < -0.4 is 5.56 Å². The molecule has 152 valence electrons. The van der Waals surface area contributed by atoms with Gasteiger partial charge in [0, 0.05) is 10.6 Å². The molecular formula is C23H25BrN2OS2. The summed E-state index contributed by atoms with van der Waals surface area (Å²) in [5.74, 6) is 1.31. The van der Waals surface area contributed by atoms with Gasteiger partial charge in [0.05, 0.1) is 11.1 Å². The molecule has 0 amide bonds. The Kier molecular flexibility index (Phi) is 5.79. The maximum Gasteiger partial charge on any atom is 0.267 e. The summed E-state index contributed by atoms with van der Waals surface area (Å²) in [5, 5.41) is 1.54. The summed E-state index contributed by atoms with van der Waals surface area (Å²) >= 11 is 6.68. The fraction of sp³-hybridized carbons (Fsp3) is 0.391. The first kappa shape index (κ1) is 20.9. The quantitative estimate of drug-likeness (QED) is 0.306. The fourth-order valence-electron chi connectivity index (χ4n) is 3.99. The van der Waals surface area contributed by atoms with Gasteiger partial charge in [-0.2, -0.15) is 0 Å². The number of fused-ring (bicyclic) bond motifs is 3. The highest BCUT2D eigenvalue weighted by Crippen LogP contribution is 2.42. The van der Waals surface area contributed by atoms with Gasteiger partial charge in [0.1, 0.15) is 4.83 Å². The summed E-state index contributed by atoms with van der Waals surface area (Å²) < 4.78 is 2.65. The number of thioether (sulfide) groups is 1. The van der Waals surface area contributed by atoms with Crippen molar-refractivity contribution >= 4 is 49.2 Å². The SMILES string of the molecule is C=C(Br)CSc1nc2sc3c(c2c(=O)n1-c1ccccc1)CC[C@@H](C(C)(C)C)C3. The summed E-state index contributed by atoms with van der Waals surface area (Å²) in [6.07, 6.45) is 3.14. The van der Waals surface area contributed by atoms with Crippen LogP contribution in [0.1, 0.15) is 37.6 Å². The molecule has 1 aromatic carbocycles. The van der Waals surface area contributed by atoms with E-state index in [1.807, 2.05) is 30.3 Å². The first-order valence-corrected chi connectivity index (χ1v) is 12.4. The lowest BCUT2D eigenvalue weighted by atomic mass is 9.72. The van der Waals surface area contributed by atoms with Gasteiger partial charge in [0.25, 0.3) is 5.56 Å². The lowest BCUT2D eigenvalue weighted by Crippen LogP contribution is -2.27. The molecule has 0 saturated heterocycles. The molecule has 0 radical (unpaired) electrons. The summed E-state index contributed by atoms with van der Waals surface area (Å²) in [6.45, 7) is 10.9. The minimum absolute atomic E-state index is 0.0515. The second kappa shape index (κ2) is 8.05. The van der Waals surface area contributed by atoms with Crippen molar-refractivity contribution < 1.29 is 0 Å². The van der Waals surface area contributed by atoms with E-state index in [0.29, 0.717) is 11.7 Å². The molecule has 0 unspecified atom stereocenters. The van der Waals surface area contributed by atoms with Crippen molar-refractivity contribution in [2.45, 2.75) is 45.2 Å². The van der Waals surface area contributed by atoms with Crippen molar-refractivity contribution in [3.63, 3.8) is 0 Å². The number of nitrogens with zero attached hydrogens (tertiary/aromatic N) is 2. The second-order valence-corrected chi connectivity index (χ2v) is 11.8. The summed E-state index contributed by atoms with van der Waals surface area (Å²) in [7, 11) is 0. The van der Waals surface area contributed by atoms with Gasteiger partial charge >= 0.3 is 0 Å². The molecule has 3 nitrogen and oxygen atoms in total. The van der Waals surface area contributed by atoms with Gasteiger partial charge < -0.3 is 0 Å². The van der Waals surface area contributed by atoms with Crippen LogP contribution in [-0.2, 0) is 12.8 Å². The van der Waals surface area contributed by atoms with Crippen molar-refractivity contribution in [1.29, 1.82) is 0 Å². The molecule has 3 aromatic rings. The molecular weight excluding hydrogens is 464 g/mol. The van der Waals surface area contributed by atoms with Crippen LogP contribution >= 0.6 is 39.0 Å². The predicted molar refractivity (Wildman–Crippen MR) is 129 cm³/mol. The third-order valence-corrected chi connectivity index (χ3v) is 8.47. The smallest absolute Gasteiger partial charge is 0.267 e. The van der Waals surface area contributed by atoms with E-state index in [9.17, 15) is 4.79 Å². The van der Waals surface area contributed by atoms with Crippen molar-refractivity contribution in [3.05, 3.63) is 62.2 Å². The lowest BCUT2D eigenvalue weighted by molar-refractivity contribution is 0.218. The molecule has 29 heavy (non-hydrogen) atoms. The Hall–Kier alpha value is -1.37. The van der Waals surface area contributed by atoms with Crippen LogP contribution in [0.4, 0.5) is 0 Å². The zero-order chi connectivity index (χ0) is 20.8. The minimum atomic E-state index is 0.0515. The Labute approximate surface area is 188 Å². The standard InChI is InChI=1S/C23H25BrN2OS2/c1-14(24)13-28-22-25-20-19(21(27)26(22)16-8-6-5-7-9-16)17-11-10-15(23(2,3)4)12-18(17)29-20/h5-9,15H,1,10-13H2,2-4H3/t15-/m1/s1. The van der Waals surface area contributed by atoms with Crippen molar-refractivity contribution in [2.24, 2.45) is 11.3 Å². The Morgan fingerprint density at radius 1 is 1.34 bits per heavy atom. The largest absolute Gasteiger partial charge is 0.268 e. The van der Waals surface area contributed by atoms with Gasteiger partial charge in [-0.05, 0) is 52.8 Å². The highest BCUT2D eigenvalue weighted by Gasteiger charge is 2.32. The number of aromatic nitrogens is 2. The lowest BCUT2D eigenvalue weighted by Gasteiger charge is -2.33. The third kappa shape index (κ3) is 4.12. The van der Waals surface area contributed by atoms with E-state index in [-0.39, 0.29) is 11.0 Å². The van der Waals surface area contributed by atoms with Crippen molar-refractivity contribution in [3.8, 4) is 5.69 Å². The van der Waals surface area contributed by atoms with E-state index in [0.717, 1.165) is 44.8 Å². The molecule has 6 heteroatoms. The number of hydrogen-bond donors (Lipinski definition) is 0. The molecule has 2 heterocycles. The number of para-hydroxylation sites is 1. The first-order chi connectivity index (χ1) is 13.8. The summed E-state index contributed by atoms with van der Waals surface area (Å²) in [6, 6.07) is 9.82. The molecule has 0 fully saturated rings. The van der Waals surface area contributed by atoms with Crippen LogP contribution in [0.3, 0.4) is 0 Å². The van der Waals surface area contributed by atoms with E-state index >= 15 is 0 Å². The topological polar surface area (TPSA) is 34.9 Å². The van der Waals surface area contributed by atoms with Gasteiger partial charge in [0.2, 0.25) is 0 Å². The molecule has 0 spiro atoms. The molecule has 2 aromatic heterocycles. The van der Waals surface area contributed by atoms with Crippen LogP contribution in [0.2, 0.25) is 0 Å². The first-order valence-electron chi connectivity index (χ1n) is 9.84. The monoisotopic (exact) mass is 488 g/mol. The number of rotatable bonds is 4. The maximum atomic E-state index is 13.7. The summed E-state index contributed by atoms with van der Waals surface area (Å²) in [5.41, 5.74) is 2.42. The Balaban J connectivity index is 1.90. The highest BCUT2D eigenvalue weighted by atomic mass is 79.9. The van der Waals surface area contributed by atoms with Crippen LogP contribution in [0.5, 0.6) is 0 Å². The number of halogens is 1. The van der Waals surface area contributed by atoms with Crippen LogP contribution in [0.15, 0.2) is 51.3 Å². The van der Waals surface area contributed by atoms with Gasteiger partial charge in [-0.15, -0.1) is 11.3 Å². The van der Waals surface area contributed by atoms with E-state index in [2.05, 4.69) is 43.3 Å². The van der Waals surface area contributed by atoms with Crippen LogP contribution in [-0.4, -0.2) is 15.3 Å². The molecule has 0 N–H and O–H groups in total. The van der Waals surface area contributed by atoms with E-state index in [1.54, 1.807) is 27.7 Å². The van der Waals surface area contributed by atoms with Crippen molar-refractivity contribution in [2.75, 3.05) is 5.75 Å². The number of thiophene rings is 1. The van der Waals surface area contributed by atoms with E-state index < -0.39 is 0 Å². The Morgan fingerprint density at radius 2 is 2.07 bits per heavy atom. The van der Waals surface area contributed by atoms with Gasteiger partial charge in [-0.25, -0.2) is 4.98 Å². The highest BCUT2D eigenvalue weighted by molar-refractivity contribution is 9.11. The molecule has 1 aliphatic rings. The molecule has 4 rings (SSSR count). The average molecular weight is 490 g/mol. The number of hydrogen-bond acceptors (Lipinski definition) is 4. The molecule has 0 aliphatic heterocycles. The zero-order valence-corrected chi connectivity index (χ0v) is 20.2. The third-order valence-electron chi connectivity index (χ3n) is 5.65. The number of aryl methyl sites for hydroxylation is 1. The second-order valence-electron chi connectivity index (χ2n) is 8.67. The van der Waals surface area contributed by atoms with Crippen LogP contribution in [0.25, 0.3) is 15.9 Å². The fourth-order valence-corrected chi connectivity index (χ4v) is 6.44. The molecule has 0 saturated carbocycles. The Morgan fingerprint density at radius 3 is 2.72 bits per heavy atom. The predicted octanol–water partition coefficient (Wildman–Crippen LogP) is 6.60. The Bertz CT molecular complexity index is 1130. The zero-order valence-electron chi connectivity index (χ0n) is 17.0. The van der Waals surface area contributed by atoms with E-state index in [1.165, 1.54) is 10.4 Å². The molecule has 1 aliphatic carbocycles. The molecule has 1 atom stereocenters. The summed E-state index contributed by atoms with van der Waals surface area (Å²) in [4.78, 5) is 20.9. The van der Waals surface area contributed by atoms with Gasteiger partial charge in [0.15, 0.2) is 5.16 Å². The maximum absolute atomic E-state index is 13.7. The minimum Gasteiger partial charge on any atom is -0.268 e. The average Bonchev–Trinajstić information content (AvgIpc) is 3.04. The van der Waals surface area contributed by atoms with Crippen molar-refractivity contribution in [1.82, 2.24) is 9.55 Å². The van der Waals surface area contributed by atoms with E-state index in [4.69, 9.17) is 4.98 Å². The van der Waals surface area contributed by atoms with Gasteiger partial charge in [-0.3, -0.25) is 9.36 Å². The number of benzene rings is 1. The normalized spacial score (nSPS) is 16.8.